The Morgan fingerprint density at radius 3 is 1.51 bits per heavy atom. The SMILES string of the molecule is C.C.C.CCOC(=O)Nc1oc2cnccc2c1N(C(=O)OCC)c1ccc(F)c(Cl)c1.CCOC(=O)Nc1oc2cnccc2c1Nc1ccc(F)c(Cl)c1.Nc1oc2cnccc2c1Nc1ccc(F)c(Cl)c1. The highest BCUT2D eigenvalue weighted by molar-refractivity contribution is 6.32. The fraction of sp³-hybridized carbons (Fsp3) is 0.176. The highest BCUT2D eigenvalue weighted by Gasteiger charge is 2.30. The summed E-state index contributed by atoms with van der Waals surface area (Å²) in [6.45, 7) is 5.43. The molecule has 0 spiro atoms. The van der Waals surface area contributed by atoms with Gasteiger partial charge in [-0.2, -0.15) is 0 Å². The van der Waals surface area contributed by atoms with E-state index < -0.39 is 35.7 Å². The number of ether oxygens (including phenoxy) is 3. The van der Waals surface area contributed by atoms with Crippen LogP contribution < -0.4 is 31.9 Å². The highest BCUT2D eigenvalue weighted by Crippen LogP contribution is 2.43. The molecular weight excluding hydrogens is 1050 g/mol. The lowest BCUT2D eigenvalue weighted by Gasteiger charge is -2.22. The van der Waals surface area contributed by atoms with E-state index in [0.717, 1.165) is 16.4 Å². The van der Waals surface area contributed by atoms with Gasteiger partial charge in [0.2, 0.25) is 17.7 Å². The first-order valence-corrected chi connectivity index (χ1v) is 22.4. The number of carbonyl (C=O) groups excluding carboxylic acids is 3. The van der Waals surface area contributed by atoms with Crippen molar-refractivity contribution in [2.75, 3.05) is 51.7 Å². The van der Waals surface area contributed by atoms with Gasteiger partial charge in [-0.3, -0.25) is 25.6 Å². The quantitative estimate of drug-likeness (QED) is 0.0758. The van der Waals surface area contributed by atoms with Crippen LogP contribution in [0.15, 0.2) is 123 Å². The molecule has 0 fully saturated rings. The van der Waals surface area contributed by atoms with Crippen LogP contribution in [0.3, 0.4) is 0 Å². The molecule has 75 heavy (non-hydrogen) atoms. The van der Waals surface area contributed by atoms with Crippen LogP contribution in [0.25, 0.3) is 32.9 Å². The first-order valence-electron chi connectivity index (χ1n) is 21.3. The molecule has 0 aliphatic heterocycles. The highest BCUT2D eigenvalue weighted by atomic mass is 35.5. The van der Waals surface area contributed by atoms with Crippen LogP contribution in [-0.2, 0) is 14.2 Å². The van der Waals surface area contributed by atoms with Crippen LogP contribution in [-0.4, -0.2) is 53.1 Å². The van der Waals surface area contributed by atoms with Crippen molar-refractivity contribution in [1.29, 1.82) is 0 Å². The van der Waals surface area contributed by atoms with Crippen molar-refractivity contribution in [3.05, 3.63) is 142 Å². The van der Waals surface area contributed by atoms with Crippen LogP contribution >= 0.6 is 34.8 Å². The largest absolute Gasteiger partial charge is 0.450 e. The maximum atomic E-state index is 13.7. The van der Waals surface area contributed by atoms with Gasteiger partial charge >= 0.3 is 18.3 Å². The molecule has 9 aromatic rings. The summed E-state index contributed by atoms with van der Waals surface area (Å²) in [5.74, 6) is -1.31. The minimum atomic E-state index is -0.776. The van der Waals surface area contributed by atoms with Gasteiger partial charge in [-0.05, 0) is 93.6 Å². The van der Waals surface area contributed by atoms with Crippen LogP contribution in [0.1, 0.15) is 43.1 Å². The summed E-state index contributed by atoms with van der Waals surface area (Å²) in [5.41, 5.74) is 9.79. The number of nitrogens with two attached hydrogens (primary N) is 1. The van der Waals surface area contributed by atoms with Crippen LogP contribution in [0.2, 0.25) is 15.1 Å². The number of hydrogen-bond donors (Lipinski definition) is 5. The fourth-order valence-electron chi connectivity index (χ4n) is 6.60. The van der Waals surface area contributed by atoms with E-state index in [1.54, 1.807) is 63.6 Å². The van der Waals surface area contributed by atoms with Gasteiger partial charge in [0.25, 0.3) is 0 Å². The summed E-state index contributed by atoms with van der Waals surface area (Å²) >= 11 is 17.4. The number of hydrogen-bond acceptors (Lipinski definition) is 15. The van der Waals surface area contributed by atoms with Crippen molar-refractivity contribution < 1.29 is 55.0 Å². The lowest BCUT2D eigenvalue weighted by molar-refractivity contribution is 0.162. The third-order valence-electron chi connectivity index (χ3n) is 9.68. The Balaban J connectivity index is 0.000000243. The molecule has 0 saturated heterocycles. The number of nitrogen functional groups attached to an aromatic ring is 1. The van der Waals surface area contributed by atoms with E-state index in [-0.39, 0.29) is 86.2 Å². The van der Waals surface area contributed by atoms with Crippen molar-refractivity contribution >= 4 is 138 Å². The number of nitrogens with one attached hydrogen (secondary N) is 4. The summed E-state index contributed by atoms with van der Waals surface area (Å²) in [7, 11) is 0. The summed E-state index contributed by atoms with van der Waals surface area (Å²) in [5, 5.41) is 12.9. The van der Waals surface area contributed by atoms with Crippen molar-refractivity contribution in [2.24, 2.45) is 0 Å². The molecule has 0 atom stereocenters. The van der Waals surface area contributed by atoms with Crippen molar-refractivity contribution in [3.8, 4) is 0 Å². The predicted octanol–water partition coefficient (Wildman–Crippen LogP) is 16.3. The van der Waals surface area contributed by atoms with E-state index in [1.165, 1.54) is 61.1 Å². The fourth-order valence-corrected chi connectivity index (χ4v) is 7.14. The Labute approximate surface area is 443 Å². The van der Waals surface area contributed by atoms with E-state index in [1.807, 2.05) is 0 Å². The molecule has 0 radical (unpaired) electrons. The lowest BCUT2D eigenvalue weighted by atomic mass is 10.2. The zero-order chi connectivity index (χ0) is 51.5. The second kappa shape index (κ2) is 27.1. The Kier molecular flexibility index (Phi) is 21.3. The Morgan fingerprint density at radius 1 is 0.573 bits per heavy atom. The third kappa shape index (κ3) is 14.2. The number of furan rings is 3. The molecule has 6 heterocycles. The Morgan fingerprint density at radius 2 is 1.00 bits per heavy atom. The van der Waals surface area contributed by atoms with Crippen LogP contribution in [0.4, 0.5) is 79.3 Å². The molecule has 0 unspecified atom stereocenters. The molecule has 6 N–H and O–H groups in total. The van der Waals surface area contributed by atoms with E-state index in [4.69, 9.17) is 68.0 Å². The summed E-state index contributed by atoms with van der Waals surface area (Å²) in [4.78, 5) is 49.5. The molecule has 0 aliphatic carbocycles. The molecule has 3 amide bonds. The zero-order valence-corrected chi connectivity index (χ0v) is 40.1. The minimum absolute atomic E-state index is 0. The molecular formula is C51H51Cl3F3N9O9. The van der Waals surface area contributed by atoms with Crippen molar-refractivity contribution in [1.82, 2.24) is 15.0 Å². The number of anilines is 9. The Bertz CT molecular complexity index is 3410. The maximum absolute atomic E-state index is 13.7. The molecule has 24 heteroatoms. The number of aromatic nitrogens is 3. The lowest BCUT2D eigenvalue weighted by Crippen LogP contribution is -2.28. The first kappa shape index (κ1) is 59.2. The van der Waals surface area contributed by atoms with E-state index >= 15 is 0 Å². The van der Waals surface area contributed by atoms with Gasteiger partial charge in [0.1, 0.15) is 34.5 Å². The number of amides is 3. The number of carbonyl (C=O) groups is 3. The van der Waals surface area contributed by atoms with Gasteiger partial charge in [0.15, 0.2) is 16.7 Å². The smallest absolute Gasteiger partial charge is 0.419 e. The van der Waals surface area contributed by atoms with E-state index in [0.29, 0.717) is 50.3 Å². The molecule has 0 bridgehead atoms. The van der Waals surface area contributed by atoms with E-state index in [9.17, 15) is 27.6 Å². The van der Waals surface area contributed by atoms with Crippen molar-refractivity contribution in [2.45, 2.75) is 43.1 Å². The second-order valence-electron chi connectivity index (χ2n) is 14.4. The minimum Gasteiger partial charge on any atom is -0.450 e. The van der Waals surface area contributed by atoms with Gasteiger partial charge in [0, 0.05) is 40.7 Å². The third-order valence-corrected chi connectivity index (χ3v) is 10.5. The normalized spacial score (nSPS) is 10.3. The molecule has 3 aromatic carbocycles. The number of pyridine rings is 3. The number of benzene rings is 3. The van der Waals surface area contributed by atoms with Gasteiger partial charge in [-0.25, -0.2) is 32.5 Å². The van der Waals surface area contributed by atoms with Crippen LogP contribution in [0, 0.1) is 17.5 Å². The van der Waals surface area contributed by atoms with Gasteiger partial charge in [-0.1, -0.05) is 57.1 Å². The first-order chi connectivity index (χ1) is 34.7. The number of fused-ring (bicyclic) bond motifs is 3. The molecule has 18 nitrogen and oxygen atoms in total. The van der Waals surface area contributed by atoms with Gasteiger partial charge < -0.3 is 43.8 Å². The Hall–Kier alpha value is -8.40. The average Bonchev–Trinajstić information content (AvgIpc) is 4.00. The maximum Gasteiger partial charge on any atom is 0.419 e. The number of rotatable bonds is 11. The van der Waals surface area contributed by atoms with Gasteiger partial charge in [-0.15, -0.1) is 0 Å². The molecule has 6 aromatic heterocycles. The second-order valence-corrected chi connectivity index (χ2v) is 15.6. The standard InChI is InChI=1S/C19H17ClFN3O5.C16H13ClFN3O3.C13H9ClFN3O.3CH4/c1-3-27-18(25)23-17-16(12-7-8-22-10-15(12)29-17)24(19(26)28-4-2)11-5-6-14(21)13(20)9-11;1-2-23-16(22)21-15-14(10-5-6-19-8-13(10)24-15)20-9-3-4-12(18)11(17)7-9;14-9-5-7(1-2-10(9)15)18-12-8-3-4-17-6-11(8)19-13(12)16;;;/h5-10H,3-4H2,1-2H3,(H,23,25);3-8,20H,2H2,1H3,(H,21,22);1-6,18H,16H2;3*1H4. The van der Waals surface area contributed by atoms with Crippen LogP contribution in [0.5, 0.6) is 0 Å². The average molecular weight is 1100 g/mol. The molecule has 0 saturated carbocycles. The summed E-state index contributed by atoms with van der Waals surface area (Å²) in [6.07, 6.45) is 7.05. The monoisotopic (exact) mass is 1100 g/mol. The topological polar surface area (TPSA) is 234 Å². The van der Waals surface area contributed by atoms with E-state index in [2.05, 4.69) is 36.2 Å². The van der Waals surface area contributed by atoms with Gasteiger partial charge in [0.05, 0.1) is 64.6 Å². The summed E-state index contributed by atoms with van der Waals surface area (Å²) in [6, 6.07) is 17.4. The van der Waals surface area contributed by atoms with Crippen molar-refractivity contribution in [3.63, 3.8) is 0 Å². The number of halogens is 6. The summed E-state index contributed by atoms with van der Waals surface area (Å²) < 4.78 is 71.6. The molecule has 0 aliphatic rings. The predicted molar refractivity (Wildman–Crippen MR) is 288 cm³/mol. The molecule has 396 valence electrons. The number of nitrogens with zero attached hydrogens (tertiary/aromatic N) is 4. The molecule has 9 rings (SSSR count). The zero-order valence-electron chi connectivity index (χ0n) is 37.8.